The first-order valence-corrected chi connectivity index (χ1v) is 23.3. The number of rotatable bonds is 29. The van der Waals surface area contributed by atoms with Crippen LogP contribution < -0.4 is 37.2 Å². The normalized spacial score (nSPS) is 14.8. The van der Waals surface area contributed by atoms with Crippen molar-refractivity contribution in [2.45, 2.75) is 135 Å². The summed E-state index contributed by atoms with van der Waals surface area (Å²) in [5, 5.41) is 48.6. The Morgan fingerprint density at radius 3 is 1.59 bits per heavy atom. The van der Waals surface area contributed by atoms with E-state index in [-0.39, 0.29) is 37.5 Å². The Morgan fingerprint density at radius 1 is 0.591 bits per heavy atom. The number of carbonyl (C=O) groups excluding carboxylic acids is 7. The largest absolute Gasteiger partial charge is 0.481 e. The Labute approximate surface area is 390 Å². The molecular formula is C46H67N7O12S. The average molecular weight is 942 g/mol. The van der Waals surface area contributed by atoms with Crippen molar-refractivity contribution in [1.29, 1.82) is 0 Å². The van der Waals surface area contributed by atoms with Gasteiger partial charge in [-0.05, 0) is 61.2 Å². The SMILES string of the molecule is CSCC[C@H](NC(=O)[C@@H](NC(C)=O)C(C)C)C(=O)N[C@@H](CC(C)C)[C@@H](O)CC(=O)N[C@@H](Cc1ccccc1)C(=O)N[C@@H](C)C(=O)N[C@@H](CCC(=O)O)C(=O)N[C@@H](Cc1ccccc1)C(=O)O. The van der Waals surface area contributed by atoms with Crippen LogP contribution in [0.25, 0.3) is 0 Å². The van der Waals surface area contributed by atoms with E-state index in [0.717, 1.165) is 0 Å². The fourth-order valence-corrected chi connectivity index (χ4v) is 7.27. The quantitative estimate of drug-likeness (QED) is 0.0547. The van der Waals surface area contributed by atoms with Crippen LogP contribution in [0.5, 0.6) is 0 Å². The first-order chi connectivity index (χ1) is 31.1. The summed E-state index contributed by atoms with van der Waals surface area (Å²) in [5.41, 5.74) is 1.24. The highest BCUT2D eigenvalue weighted by Gasteiger charge is 2.34. The van der Waals surface area contributed by atoms with Gasteiger partial charge in [0.2, 0.25) is 41.4 Å². The lowest BCUT2D eigenvalue weighted by molar-refractivity contribution is -0.143. The number of benzene rings is 2. The summed E-state index contributed by atoms with van der Waals surface area (Å²) in [6, 6.07) is 8.65. The number of nitrogens with one attached hydrogen (secondary N) is 7. The minimum absolute atomic E-state index is 0.0523. The van der Waals surface area contributed by atoms with Gasteiger partial charge in [-0.1, -0.05) is 88.4 Å². The molecule has 0 spiro atoms. The van der Waals surface area contributed by atoms with Gasteiger partial charge in [0.05, 0.1) is 18.6 Å². The third-order valence-corrected chi connectivity index (χ3v) is 11.0. The van der Waals surface area contributed by atoms with Crippen molar-refractivity contribution >= 4 is 65.1 Å². The Balaban J connectivity index is 2.25. The molecule has 0 bridgehead atoms. The molecule has 0 saturated heterocycles. The maximum Gasteiger partial charge on any atom is 0.326 e. The highest BCUT2D eigenvalue weighted by Crippen LogP contribution is 2.14. The van der Waals surface area contributed by atoms with Crippen LogP contribution in [-0.2, 0) is 56.0 Å². The smallest absolute Gasteiger partial charge is 0.326 e. The van der Waals surface area contributed by atoms with Gasteiger partial charge in [-0.2, -0.15) is 11.8 Å². The number of amides is 7. The third-order valence-electron chi connectivity index (χ3n) is 10.3. The fourth-order valence-electron chi connectivity index (χ4n) is 6.80. The van der Waals surface area contributed by atoms with E-state index in [1.807, 2.05) is 20.1 Å². The number of carbonyl (C=O) groups is 9. The molecule has 66 heavy (non-hydrogen) atoms. The Morgan fingerprint density at radius 2 is 1.09 bits per heavy atom. The lowest BCUT2D eigenvalue weighted by Crippen LogP contribution is -2.58. The number of carboxylic acid groups (broad SMARTS) is 2. The van der Waals surface area contributed by atoms with Crippen molar-refractivity contribution in [3.05, 3.63) is 71.8 Å². The first kappa shape index (κ1) is 56.1. The van der Waals surface area contributed by atoms with E-state index in [0.29, 0.717) is 16.9 Å². The number of aliphatic hydroxyl groups excluding tert-OH is 1. The maximum absolute atomic E-state index is 13.8. The van der Waals surface area contributed by atoms with Crippen LogP contribution in [0.2, 0.25) is 0 Å². The molecule has 364 valence electrons. The molecule has 8 atom stereocenters. The molecule has 10 N–H and O–H groups in total. The number of thioether (sulfide) groups is 1. The van der Waals surface area contributed by atoms with E-state index < -0.39 is 121 Å². The van der Waals surface area contributed by atoms with Gasteiger partial charge in [0.1, 0.15) is 36.3 Å². The lowest BCUT2D eigenvalue weighted by Gasteiger charge is -2.29. The summed E-state index contributed by atoms with van der Waals surface area (Å²) in [4.78, 5) is 117. The van der Waals surface area contributed by atoms with E-state index in [9.17, 15) is 58.5 Å². The van der Waals surface area contributed by atoms with Crippen LogP contribution in [0.3, 0.4) is 0 Å². The summed E-state index contributed by atoms with van der Waals surface area (Å²) >= 11 is 1.45. The molecule has 0 unspecified atom stereocenters. The van der Waals surface area contributed by atoms with Gasteiger partial charge in [0.25, 0.3) is 0 Å². The topological polar surface area (TPSA) is 299 Å². The Kier molecular flexibility index (Phi) is 24.5. The molecule has 20 heteroatoms. The van der Waals surface area contributed by atoms with Gasteiger partial charge < -0.3 is 52.5 Å². The van der Waals surface area contributed by atoms with Crippen LogP contribution >= 0.6 is 11.8 Å². The highest BCUT2D eigenvalue weighted by molar-refractivity contribution is 7.98. The summed E-state index contributed by atoms with van der Waals surface area (Å²) in [5.74, 6) is -7.49. The van der Waals surface area contributed by atoms with Crippen molar-refractivity contribution < 1.29 is 58.5 Å². The number of aliphatic carboxylic acids is 2. The standard InChI is InChI=1S/C46H67N7O12S/c1-26(2)22-34(52-43(61)33(20-21-66-7)51-45(63)40(27(3)4)48-29(6)54)37(55)25-38(56)49-35(23-30-14-10-8-11-15-30)44(62)47-28(5)41(59)50-32(18-19-39(57)58)42(60)53-36(46(64)65)24-31-16-12-9-13-17-31/h8-17,26-28,32-37,40,55H,18-25H2,1-7H3,(H,47,62)(H,48,54)(H,49,56)(H,50,59)(H,51,63)(H,52,61)(H,53,60)(H,57,58)(H,64,65)/t28-,32-,33-,34-,35-,36-,37-,40-/m0/s1. The van der Waals surface area contributed by atoms with Crippen LogP contribution in [0.1, 0.15) is 84.8 Å². The third kappa shape index (κ3) is 20.9. The van der Waals surface area contributed by atoms with Crippen LogP contribution in [0, 0.1) is 11.8 Å². The molecule has 2 aromatic rings. The van der Waals surface area contributed by atoms with Gasteiger partial charge in [-0.15, -0.1) is 0 Å². The van der Waals surface area contributed by atoms with E-state index in [1.54, 1.807) is 74.5 Å². The van der Waals surface area contributed by atoms with Gasteiger partial charge in [0.15, 0.2) is 0 Å². The zero-order valence-electron chi connectivity index (χ0n) is 38.6. The second-order valence-electron chi connectivity index (χ2n) is 16.9. The second-order valence-corrected chi connectivity index (χ2v) is 17.9. The summed E-state index contributed by atoms with van der Waals surface area (Å²) in [6.07, 6.45) is -0.805. The molecule has 19 nitrogen and oxygen atoms in total. The van der Waals surface area contributed by atoms with E-state index in [4.69, 9.17) is 0 Å². The first-order valence-electron chi connectivity index (χ1n) is 21.9. The minimum Gasteiger partial charge on any atom is -0.481 e. The van der Waals surface area contributed by atoms with Crippen LogP contribution in [0.15, 0.2) is 60.7 Å². The Hall–Kier alpha value is -6.02. The zero-order chi connectivity index (χ0) is 49.5. The molecule has 7 amide bonds. The predicted octanol–water partition coefficient (Wildman–Crippen LogP) is 1.06. The van der Waals surface area contributed by atoms with Crippen molar-refractivity contribution in [1.82, 2.24) is 37.2 Å². The molecule has 0 aromatic heterocycles. The molecular weight excluding hydrogens is 875 g/mol. The molecule has 0 aliphatic carbocycles. The van der Waals surface area contributed by atoms with Gasteiger partial charge >= 0.3 is 11.9 Å². The number of hydrogen-bond acceptors (Lipinski definition) is 11. The molecule has 0 fully saturated rings. The second kappa shape index (κ2) is 28.8. The summed E-state index contributed by atoms with van der Waals surface area (Å²) < 4.78 is 0. The summed E-state index contributed by atoms with van der Waals surface area (Å²) in [7, 11) is 0. The number of hydrogen-bond donors (Lipinski definition) is 10. The van der Waals surface area contributed by atoms with Gasteiger partial charge in [0, 0.05) is 26.2 Å². The molecule has 0 aliphatic rings. The fraction of sp³-hybridized carbons (Fsp3) is 0.543. The van der Waals surface area contributed by atoms with E-state index in [1.165, 1.54) is 25.6 Å². The molecule has 0 radical (unpaired) electrons. The van der Waals surface area contributed by atoms with Crippen molar-refractivity contribution in [2.24, 2.45) is 11.8 Å². The number of carboxylic acids is 2. The maximum atomic E-state index is 13.8. The molecule has 2 aromatic carbocycles. The monoisotopic (exact) mass is 941 g/mol. The molecule has 2 rings (SSSR count). The van der Waals surface area contributed by atoms with Crippen LogP contribution in [-0.4, -0.2) is 129 Å². The molecule has 0 aliphatic heterocycles. The van der Waals surface area contributed by atoms with Crippen molar-refractivity contribution in [2.75, 3.05) is 12.0 Å². The predicted molar refractivity (Wildman–Crippen MR) is 248 cm³/mol. The van der Waals surface area contributed by atoms with Crippen molar-refractivity contribution in [3.8, 4) is 0 Å². The lowest BCUT2D eigenvalue weighted by atomic mass is 9.96. The van der Waals surface area contributed by atoms with Crippen molar-refractivity contribution in [3.63, 3.8) is 0 Å². The van der Waals surface area contributed by atoms with Gasteiger partial charge in [-0.25, -0.2) is 4.79 Å². The zero-order valence-corrected chi connectivity index (χ0v) is 39.4. The number of aliphatic hydroxyl groups is 1. The minimum atomic E-state index is -1.50. The van der Waals surface area contributed by atoms with Crippen LogP contribution in [0.4, 0.5) is 0 Å². The van der Waals surface area contributed by atoms with E-state index >= 15 is 0 Å². The summed E-state index contributed by atoms with van der Waals surface area (Å²) in [6.45, 7) is 9.81. The van der Waals surface area contributed by atoms with E-state index in [2.05, 4.69) is 37.2 Å². The average Bonchev–Trinajstić information content (AvgIpc) is 3.24. The molecule has 0 saturated carbocycles. The van der Waals surface area contributed by atoms with Gasteiger partial charge in [-0.3, -0.25) is 38.4 Å². The Bertz CT molecular complexity index is 1940. The highest BCUT2D eigenvalue weighted by atomic mass is 32.2. The molecule has 0 heterocycles.